The second-order valence-corrected chi connectivity index (χ2v) is 4.58. The zero-order valence-corrected chi connectivity index (χ0v) is 10.4. The lowest BCUT2D eigenvalue weighted by Crippen LogP contribution is -2.13. The van der Waals surface area contributed by atoms with Crippen LogP contribution >= 0.6 is 23.6 Å². The summed E-state index contributed by atoms with van der Waals surface area (Å²) in [5, 5.41) is 4.85. The Labute approximate surface area is 107 Å². The Morgan fingerprint density at radius 2 is 2.41 bits per heavy atom. The highest BCUT2D eigenvalue weighted by molar-refractivity contribution is 7.80. The Kier molecular flexibility index (Phi) is 3.50. The highest BCUT2D eigenvalue weighted by atomic mass is 32.1. The number of thiazole rings is 1. The lowest BCUT2D eigenvalue weighted by molar-refractivity contribution is 1.04. The minimum Gasteiger partial charge on any atom is -0.388 e. The molecule has 0 aliphatic heterocycles. The van der Waals surface area contributed by atoms with Crippen LogP contribution in [0.15, 0.2) is 28.4 Å². The Morgan fingerprint density at radius 3 is 3.06 bits per heavy atom. The summed E-state index contributed by atoms with van der Waals surface area (Å²) in [7, 11) is 0. The van der Waals surface area contributed by atoms with Crippen molar-refractivity contribution in [3.05, 3.63) is 44.6 Å². The van der Waals surface area contributed by atoms with Crippen LogP contribution in [0.5, 0.6) is 0 Å². The van der Waals surface area contributed by atoms with E-state index < -0.39 is 0 Å². The molecule has 5 nitrogen and oxygen atoms in total. The summed E-state index contributed by atoms with van der Waals surface area (Å²) in [6.45, 7) is 0.506. The van der Waals surface area contributed by atoms with E-state index in [2.05, 4.69) is 15.3 Å². The molecule has 0 aliphatic carbocycles. The van der Waals surface area contributed by atoms with Crippen LogP contribution in [0.3, 0.4) is 0 Å². The molecule has 88 valence electrons. The van der Waals surface area contributed by atoms with Crippen LogP contribution in [0, 0.1) is 0 Å². The number of nitrogens with two attached hydrogens (primary N) is 1. The standard InChI is InChI=1S/C10H10N4OS2/c11-9(16)7-2-1-3-8(14-7)12-4-6-5-17-10(15)13-6/h1-3,5H,4H2,(H2,11,16)(H,12,14)(H,13,15). The topological polar surface area (TPSA) is 83.8 Å². The van der Waals surface area contributed by atoms with E-state index in [9.17, 15) is 4.79 Å². The third-order valence-electron chi connectivity index (χ3n) is 2.03. The zero-order valence-electron chi connectivity index (χ0n) is 8.77. The summed E-state index contributed by atoms with van der Waals surface area (Å²) in [5.74, 6) is 0.669. The van der Waals surface area contributed by atoms with Crippen LogP contribution in [0.1, 0.15) is 11.4 Å². The number of aromatic amines is 1. The van der Waals surface area contributed by atoms with E-state index in [4.69, 9.17) is 18.0 Å². The number of pyridine rings is 1. The fraction of sp³-hybridized carbons (Fsp3) is 0.100. The van der Waals surface area contributed by atoms with Crippen molar-refractivity contribution in [2.75, 3.05) is 5.32 Å². The van der Waals surface area contributed by atoms with Crippen molar-refractivity contribution >= 4 is 34.4 Å². The van der Waals surface area contributed by atoms with Crippen molar-refractivity contribution in [3.8, 4) is 0 Å². The first-order chi connectivity index (χ1) is 8.15. The largest absolute Gasteiger partial charge is 0.388 e. The van der Waals surface area contributed by atoms with Gasteiger partial charge in [0.25, 0.3) is 0 Å². The van der Waals surface area contributed by atoms with E-state index in [1.807, 2.05) is 12.1 Å². The molecule has 4 N–H and O–H groups in total. The molecule has 0 saturated carbocycles. The van der Waals surface area contributed by atoms with Crippen LogP contribution in [0.4, 0.5) is 5.82 Å². The zero-order chi connectivity index (χ0) is 12.3. The molecule has 2 rings (SSSR count). The molecule has 0 radical (unpaired) electrons. The van der Waals surface area contributed by atoms with Gasteiger partial charge in [0.1, 0.15) is 10.8 Å². The van der Waals surface area contributed by atoms with E-state index >= 15 is 0 Å². The number of H-pyrrole nitrogens is 1. The van der Waals surface area contributed by atoms with Crippen LogP contribution in [-0.2, 0) is 6.54 Å². The Hall–Kier alpha value is -1.73. The fourth-order valence-corrected chi connectivity index (χ4v) is 1.95. The normalized spacial score (nSPS) is 10.1. The van der Waals surface area contributed by atoms with Crippen molar-refractivity contribution in [1.82, 2.24) is 9.97 Å². The summed E-state index contributed by atoms with van der Waals surface area (Å²) >= 11 is 5.98. The van der Waals surface area contributed by atoms with Gasteiger partial charge in [0.05, 0.1) is 12.2 Å². The second-order valence-electron chi connectivity index (χ2n) is 3.30. The van der Waals surface area contributed by atoms with Gasteiger partial charge in [-0.25, -0.2) is 4.98 Å². The molecular formula is C10H10N4OS2. The molecule has 0 atom stereocenters. The number of rotatable bonds is 4. The van der Waals surface area contributed by atoms with Crippen molar-refractivity contribution in [2.45, 2.75) is 6.54 Å². The number of hydrogen-bond acceptors (Lipinski definition) is 5. The number of nitrogens with one attached hydrogen (secondary N) is 2. The molecule has 0 saturated heterocycles. The molecular weight excluding hydrogens is 256 g/mol. The van der Waals surface area contributed by atoms with Crippen LogP contribution in [0.25, 0.3) is 0 Å². The van der Waals surface area contributed by atoms with Gasteiger partial charge in [-0.1, -0.05) is 29.6 Å². The van der Waals surface area contributed by atoms with Crippen LogP contribution < -0.4 is 15.9 Å². The Bertz CT molecular complexity index is 590. The molecule has 2 aromatic heterocycles. The average Bonchev–Trinajstić information content (AvgIpc) is 2.73. The van der Waals surface area contributed by atoms with Crippen LogP contribution in [0.2, 0.25) is 0 Å². The quantitative estimate of drug-likeness (QED) is 0.721. The van der Waals surface area contributed by atoms with Gasteiger partial charge in [0.2, 0.25) is 0 Å². The molecule has 0 spiro atoms. The molecule has 0 aliphatic rings. The fourth-order valence-electron chi connectivity index (χ4n) is 1.26. The summed E-state index contributed by atoms with van der Waals surface area (Å²) < 4.78 is 0. The van der Waals surface area contributed by atoms with E-state index in [0.717, 1.165) is 17.0 Å². The molecule has 0 fully saturated rings. The maximum atomic E-state index is 10.9. The lowest BCUT2D eigenvalue weighted by Gasteiger charge is -2.05. The van der Waals surface area contributed by atoms with Gasteiger partial charge in [-0.3, -0.25) is 4.79 Å². The minimum atomic E-state index is -0.0633. The Morgan fingerprint density at radius 1 is 1.59 bits per heavy atom. The second kappa shape index (κ2) is 5.07. The molecule has 0 amide bonds. The van der Waals surface area contributed by atoms with E-state index in [1.165, 1.54) is 0 Å². The molecule has 0 aromatic carbocycles. The summed E-state index contributed by atoms with van der Waals surface area (Å²) in [6, 6.07) is 5.38. The Balaban J connectivity index is 2.06. The monoisotopic (exact) mass is 266 g/mol. The molecule has 0 unspecified atom stereocenters. The number of nitrogens with zero attached hydrogens (tertiary/aromatic N) is 1. The van der Waals surface area contributed by atoms with E-state index in [0.29, 0.717) is 18.1 Å². The number of hydrogen-bond donors (Lipinski definition) is 3. The van der Waals surface area contributed by atoms with Crippen molar-refractivity contribution in [3.63, 3.8) is 0 Å². The molecule has 2 heterocycles. The third-order valence-corrected chi connectivity index (χ3v) is 2.96. The lowest BCUT2D eigenvalue weighted by atomic mass is 10.3. The van der Waals surface area contributed by atoms with Crippen molar-refractivity contribution in [2.24, 2.45) is 5.73 Å². The van der Waals surface area contributed by atoms with Gasteiger partial charge in [0.15, 0.2) is 0 Å². The maximum absolute atomic E-state index is 10.9. The molecule has 2 aromatic rings. The molecule has 0 bridgehead atoms. The van der Waals surface area contributed by atoms with Crippen molar-refractivity contribution in [1.29, 1.82) is 0 Å². The van der Waals surface area contributed by atoms with Gasteiger partial charge in [-0.15, -0.1) is 0 Å². The predicted octanol–water partition coefficient (Wildman–Crippen LogP) is 1.08. The highest BCUT2D eigenvalue weighted by Crippen LogP contribution is 2.06. The minimum absolute atomic E-state index is 0.0633. The molecule has 7 heteroatoms. The highest BCUT2D eigenvalue weighted by Gasteiger charge is 2.01. The van der Waals surface area contributed by atoms with Crippen LogP contribution in [-0.4, -0.2) is 15.0 Å². The van der Waals surface area contributed by atoms with E-state index in [1.54, 1.807) is 11.4 Å². The number of aromatic nitrogens is 2. The number of anilines is 1. The van der Waals surface area contributed by atoms with Gasteiger partial charge in [0, 0.05) is 11.1 Å². The summed E-state index contributed by atoms with van der Waals surface area (Å²) in [5.41, 5.74) is 6.88. The average molecular weight is 266 g/mol. The van der Waals surface area contributed by atoms with Gasteiger partial charge in [-0.2, -0.15) is 0 Å². The maximum Gasteiger partial charge on any atom is 0.304 e. The van der Waals surface area contributed by atoms with Gasteiger partial charge >= 0.3 is 4.87 Å². The van der Waals surface area contributed by atoms with Gasteiger partial charge < -0.3 is 16.0 Å². The SMILES string of the molecule is NC(=S)c1cccc(NCc2csc(=O)[nH]2)n1. The molecule has 17 heavy (non-hydrogen) atoms. The summed E-state index contributed by atoms with van der Waals surface area (Å²) in [6.07, 6.45) is 0. The first-order valence-corrected chi connectivity index (χ1v) is 6.11. The van der Waals surface area contributed by atoms with E-state index in [-0.39, 0.29) is 9.86 Å². The number of thiocarbonyl (C=S) groups is 1. The predicted molar refractivity (Wildman–Crippen MR) is 72.4 cm³/mol. The smallest absolute Gasteiger partial charge is 0.304 e. The summed E-state index contributed by atoms with van der Waals surface area (Å²) in [4.78, 5) is 18.1. The third kappa shape index (κ3) is 3.11. The first-order valence-electron chi connectivity index (χ1n) is 4.82. The van der Waals surface area contributed by atoms with Gasteiger partial charge in [-0.05, 0) is 12.1 Å². The first kappa shape index (κ1) is 11.7. The van der Waals surface area contributed by atoms with Crippen molar-refractivity contribution < 1.29 is 0 Å².